The van der Waals surface area contributed by atoms with Gasteiger partial charge in [0.2, 0.25) is 5.91 Å². The molecule has 0 bridgehead atoms. The number of hydrogen-bond acceptors (Lipinski definition) is 5. The lowest BCUT2D eigenvalue weighted by Gasteiger charge is -2.41. The Labute approximate surface area is 200 Å². The van der Waals surface area contributed by atoms with E-state index < -0.39 is 5.41 Å². The minimum atomic E-state index is -0.437. The zero-order chi connectivity index (χ0) is 24.0. The van der Waals surface area contributed by atoms with E-state index in [1.54, 1.807) is 18.2 Å². The molecule has 1 saturated heterocycles. The molecule has 182 valence electrons. The van der Waals surface area contributed by atoms with Gasteiger partial charge in [-0.2, -0.15) is 0 Å². The average molecular weight is 469 g/mol. The molecule has 3 heterocycles. The van der Waals surface area contributed by atoms with Crippen molar-refractivity contribution >= 4 is 11.8 Å². The molecule has 2 amide bonds. The molecule has 2 N–H and O–H groups in total. The van der Waals surface area contributed by atoms with Crippen molar-refractivity contribution in [1.82, 2.24) is 20.5 Å². The van der Waals surface area contributed by atoms with Gasteiger partial charge in [-0.3, -0.25) is 19.5 Å². The van der Waals surface area contributed by atoms with Crippen molar-refractivity contribution in [3.63, 3.8) is 0 Å². The third kappa shape index (κ3) is 5.91. The molecular formula is C26H33FN4O3. The first kappa shape index (κ1) is 24.1. The Morgan fingerprint density at radius 3 is 2.68 bits per heavy atom. The minimum absolute atomic E-state index is 0.0811. The highest BCUT2D eigenvalue weighted by molar-refractivity contribution is 5.96. The third-order valence-corrected chi connectivity index (χ3v) is 6.83. The Balaban J connectivity index is 1.42. The van der Waals surface area contributed by atoms with Crippen LogP contribution < -0.4 is 15.4 Å². The molecular weight excluding hydrogens is 435 g/mol. The van der Waals surface area contributed by atoms with Gasteiger partial charge < -0.3 is 15.4 Å². The molecule has 1 spiro atoms. The van der Waals surface area contributed by atoms with Crippen LogP contribution in [0.1, 0.15) is 55.1 Å². The first-order chi connectivity index (χ1) is 16.4. The Morgan fingerprint density at radius 1 is 1.12 bits per heavy atom. The van der Waals surface area contributed by atoms with E-state index >= 15 is 0 Å². The molecule has 0 aliphatic carbocycles. The van der Waals surface area contributed by atoms with Crippen LogP contribution in [0.2, 0.25) is 0 Å². The first-order valence-corrected chi connectivity index (χ1v) is 12.1. The number of amides is 2. The number of ether oxygens (including phenoxy) is 1. The summed E-state index contributed by atoms with van der Waals surface area (Å²) in [6, 6.07) is 10.1. The highest BCUT2D eigenvalue weighted by Crippen LogP contribution is 2.37. The van der Waals surface area contributed by atoms with Crippen LogP contribution in [-0.2, 0) is 11.3 Å². The van der Waals surface area contributed by atoms with Crippen molar-refractivity contribution in [2.24, 2.45) is 5.41 Å². The van der Waals surface area contributed by atoms with Crippen LogP contribution in [0.4, 0.5) is 4.39 Å². The van der Waals surface area contributed by atoms with Crippen LogP contribution in [0.25, 0.3) is 0 Å². The van der Waals surface area contributed by atoms with Gasteiger partial charge in [-0.05, 0) is 70.0 Å². The second kappa shape index (κ2) is 11.0. The van der Waals surface area contributed by atoms with Gasteiger partial charge >= 0.3 is 0 Å². The Kier molecular flexibility index (Phi) is 7.77. The predicted octanol–water partition coefficient (Wildman–Crippen LogP) is 3.30. The molecule has 2 aliphatic rings. The van der Waals surface area contributed by atoms with Gasteiger partial charge in [0.25, 0.3) is 5.91 Å². The van der Waals surface area contributed by atoms with Crippen LogP contribution in [0, 0.1) is 11.2 Å². The smallest absolute Gasteiger partial charge is 0.255 e. The van der Waals surface area contributed by atoms with E-state index in [1.165, 1.54) is 12.3 Å². The van der Waals surface area contributed by atoms with Crippen LogP contribution in [-0.4, -0.2) is 54.0 Å². The molecule has 1 fully saturated rings. The second-order valence-electron chi connectivity index (χ2n) is 9.42. The van der Waals surface area contributed by atoms with Gasteiger partial charge in [0.15, 0.2) is 0 Å². The number of carbonyl (C=O) groups excluding carboxylic acids is 2. The van der Waals surface area contributed by atoms with E-state index in [4.69, 9.17) is 4.74 Å². The first-order valence-electron chi connectivity index (χ1n) is 12.1. The molecule has 8 heteroatoms. The number of nitrogens with zero attached hydrogens (tertiary/aromatic N) is 2. The molecule has 1 aromatic carbocycles. The molecule has 0 saturated carbocycles. The summed E-state index contributed by atoms with van der Waals surface area (Å²) in [6.45, 7) is 4.98. The molecule has 7 nitrogen and oxygen atoms in total. The van der Waals surface area contributed by atoms with Crippen LogP contribution in [0.15, 0.2) is 42.6 Å². The lowest BCUT2D eigenvalue weighted by molar-refractivity contribution is -0.135. The van der Waals surface area contributed by atoms with Gasteiger partial charge in [0.05, 0.1) is 28.9 Å². The maximum absolute atomic E-state index is 13.5. The fraction of sp³-hybridized carbons (Fsp3) is 0.500. The van der Waals surface area contributed by atoms with Crippen LogP contribution in [0.5, 0.6) is 5.75 Å². The van der Waals surface area contributed by atoms with Gasteiger partial charge in [-0.25, -0.2) is 4.39 Å². The Hall–Kier alpha value is -3.00. The Morgan fingerprint density at radius 2 is 1.91 bits per heavy atom. The van der Waals surface area contributed by atoms with Crippen molar-refractivity contribution in [1.29, 1.82) is 0 Å². The van der Waals surface area contributed by atoms with Crippen molar-refractivity contribution in [2.75, 3.05) is 26.2 Å². The van der Waals surface area contributed by atoms with Crippen molar-refractivity contribution < 1.29 is 18.7 Å². The third-order valence-electron chi connectivity index (χ3n) is 6.83. The molecule has 1 atom stereocenters. The topological polar surface area (TPSA) is 83.6 Å². The molecule has 4 rings (SSSR count). The fourth-order valence-corrected chi connectivity index (χ4v) is 4.76. The highest BCUT2D eigenvalue weighted by Gasteiger charge is 2.41. The number of likely N-dealkylation sites (tertiary alicyclic amines) is 1. The number of hydrogen-bond donors (Lipinski definition) is 2. The summed E-state index contributed by atoms with van der Waals surface area (Å²) >= 11 is 0. The van der Waals surface area contributed by atoms with Gasteiger partial charge in [-0.15, -0.1) is 0 Å². The summed E-state index contributed by atoms with van der Waals surface area (Å²) < 4.78 is 19.1. The minimum Gasteiger partial charge on any atom is -0.491 e. The predicted molar refractivity (Wildman–Crippen MR) is 127 cm³/mol. The van der Waals surface area contributed by atoms with E-state index in [2.05, 4.69) is 20.5 Å². The largest absolute Gasteiger partial charge is 0.491 e. The molecule has 0 radical (unpaired) electrons. The van der Waals surface area contributed by atoms with E-state index in [9.17, 15) is 14.0 Å². The Bertz CT molecular complexity index is 990. The number of halogens is 1. The van der Waals surface area contributed by atoms with Gasteiger partial charge in [0, 0.05) is 13.1 Å². The number of pyridine rings is 1. The number of piperidine rings is 1. The highest BCUT2D eigenvalue weighted by atomic mass is 19.1. The second-order valence-corrected chi connectivity index (χ2v) is 9.42. The van der Waals surface area contributed by atoms with Gasteiger partial charge in [-0.1, -0.05) is 18.6 Å². The maximum atomic E-state index is 13.5. The fourth-order valence-electron chi connectivity index (χ4n) is 4.76. The number of carbonyl (C=O) groups is 2. The quantitative estimate of drug-likeness (QED) is 0.707. The maximum Gasteiger partial charge on any atom is 0.255 e. The summed E-state index contributed by atoms with van der Waals surface area (Å²) in [5.41, 5.74) is 0.902. The summed E-state index contributed by atoms with van der Waals surface area (Å²) in [5.74, 6) is 0.130. The number of nitrogens with one attached hydrogen (secondary N) is 2. The van der Waals surface area contributed by atoms with E-state index in [1.807, 2.05) is 19.1 Å². The molecule has 1 aromatic heterocycles. The zero-order valence-electron chi connectivity index (χ0n) is 19.7. The normalized spacial score (nSPS) is 22.1. The monoisotopic (exact) mass is 468 g/mol. The number of rotatable bonds is 2. The lowest BCUT2D eigenvalue weighted by Crippen LogP contribution is -2.51. The summed E-state index contributed by atoms with van der Waals surface area (Å²) in [6.07, 6.45) is 5.20. The number of fused-ring (bicyclic) bond motifs is 1. The summed E-state index contributed by atoms with van der Waals surface area (Å²) in [5, 5.41) is 6.15. The molecule has 34 heavy (non-hydrogen) atoms. The van der Waals surface area contributed by atoms with Crippen LogP contribution in [0.3, 0.4) is 0 Å². The molecule has 2 aromatic rings. The number of benzene rings is 1. The van der Waals surface area contributed by atoms with E-state index in [0.717, 1.165) is 50.9 Å². The number of para-hydroxylation sites is 1. The van der Waals surface area contributed by atoms with E-state index in [0.29, 0.717) is 24.4 Å². The van der Waals surface area contributed by atoms with Gasteiger partial charge in [0.1, 0.15) is 18.2 Å². The lowest BCUT2D eigenvalue weighted by atomic mass is 9.73. The zero-order valence-corrected chi connectivity index (χ0v) is 19.7. The summed E-state index contributed by atoms with van der Waals surface area (Å²) in [7, 11) is 0. The molecule has 2 aliphatic heterocycles. The van der Waals surface area contributed by atoms with Crippen LogP contribution >= 0.6 is 0 Å². The van der Waals surface area contributed by atoms with E-state index in [-0.39, 0.29) is 30.3 Å². The SMILES string of the molecule is C[C@@H]1COc2ccccc2C(=O)NCCCCC2(CCN(Cc3ccc(F)cn3)CC2)C(=O)N1. The standard InChI is InChI=1S/C26H33FN4O3/c1-19-18-34-23-7-3-2-6-22(23)24(32)28-13-5-4-10-26(25(33)30-19)11-14-31(15-12-26)17-21-9-8-20(27)16-29-21/h2-3,6-9,16,19H,4-5,10-15,17-18H2,1H3,(H,28,32)(H,30,33)/t19-/m1/s1. The van der Waals surface area contributed by atoms with Crippen molar-refractivity contribution in [3.05, 3.63) is 59.7 Å². The number of aromatic nitrogens is 1. The van der Waals surface area contributed by atoms with Crippen molar-refractivity contribution in [2.45, 2.75) is 51.6 Å². The molecule has 0 unspecified atom stereocenters. The average Bonchev–Trinajstić information content (AvgIpc) is 2.84. The summed E-state index contributed by atoms with van der Waals surface area (Å²) in [4.78, 5) is 32.5. The van der Waals surface area contributed by atoms with Crippen molar-refractivity contribution in [3.8, 4) is 5.75 Å².